The van der Waals surface area contributed by atoms with Crippen molar-refractivity contribution < 1.29 is 26.4 Å². The third-order valence-electron chi connectivity index (χ3n) is 3.43. The molecule has 0 aliphatic carbocycles. The summed E-state index contributed by atoms with van der Waals surface area (Å²) in [5, 5.41) is 2.17. The maximum atomic E-state index is 13.1. The third-order valence-corrected chi connectivity index (χ3v) is 6.14. The van der Waals surface area contributed by atoms with Crippen molar-refractivity contribution in [2.75, 3.05) is 22.4 Å². The van der Waals surface area contributed by atoms with Crippen LogP contribution in [0.25, 0.3) is 0 Å². The van der Waals surface area contributed by atoms with Crippen molar-refractivity contribution in [2.45, 2.75) is 6.18 Å². The minimum absolute atomic E-state index is 0.290. The van der Waals surface area contributed by atoms with E-state index < -0.39 is 39.2 Å². The number of sulfonamides is 1. The van der Waals surface area contributed by atoms with E-state index in [0.717, 1.165) is 18.4 Å². The van der Waals surface area contributed by atoms with Crippen molar-refractivity contribution in [1.29, 1.82) is 0 Å². The van der Waals surface area contributed by atoms with Crippen LogP contribution in [0.1, 0.15) is 5.56 Å². The Morgan fingerprint density at radius 3 is 2.32 bits per heavy atom. The number of carbonyl (C=O) groups excluding carboxylic acids is 1. The summed E-state index contributed by atoms with van der Waals surface area (Å²) in [7, 11) is -4.07. The van der Waals surface area contributed by atoms with E-state index in [4.69, 9.17) is 23.2 Å². The molecule has 12 heteroatoms. The van der Waals surface area contributed by atoms with E-state index in [2.05, 4.69) is 21.2 Å². The lowest BCUT2D eigenvalue weighted by molar-refractivity contribution is -0.137. The van der Waals surface area contributed by atoms with E-state index >= 15 is 0 Å². The number of amides is 1. The summed E-state index contributed by atoms with van der Waals surface area (Å²) in [6.07, 6.45) is -4.01. The largest absolute Gasteiger partial charge is 0.417 e. The molecular formula is C16H12BrCl2F3N2O3S. The van der Waals surface area contributed by atoms with Crippen molar-refractivity contribution in [3.8, 4) is 0 Å². The summed E-state index contributed by atoms with van der Waals surface area (Å²) >= 11 is 14.7. The van der Waals surface area contributed by atoms with Gasteiger partial charge in [-0.05, 0) is 52.3 Å². The van der Waals surface area contributed by atoms with Gasteiger partial charge in [0.25, 0.3) is 0 Å². The summed E-state index contributed by atoms with van der Waals surface area (Å²) in [6.45, 7) is -0.745. The fraction of sp³-hybridized carbons (Fsp3) is 0.188. The third kappa shape index (κ3) is 5.76. The molecule has 0 saturated heterocycles. The molecule has 0 radical (unpaired) electrons. The van der Waals surface area contributed by atoms with Crippen LogP contribution < -0.4 is 9.62 Å². The first-order chi connectivity index (χ1) is 12.8. The summed E-state index contributed by atoms with van der Waals surface area (Å²) in [5.41, 5.74) is -1.26. The van der Waals surface area contributed by atoms with Crippen LogP contribution in [0, 0.1) is 0 Å². The summed E-state index contributed by atoms with van der Waals surface area (Å²) in [4.78, 5) is 12.3. The van der Waals surface area contributed by atoms with Crippen LogP contribution in [0.2, 0.25) is 10.0 Å². The number of benzene rings is 2. The van der Waals surface area contributed by atoms with Gasteiger partial charge < -0.3 is 5.32 Å². The first-order valence-corrected chi connectivity index (χ1v) is 10.8. The number of anilines is 2. The minimum atomic E-state index is -4.79. The highest BCUT2D eigenvalue weighted by Crippen LogP contribution is 2.37. The van der Waals surface area contributed by atoms with E-state index in [9.17, 15) is 26.4 Å². The smallest absolute Gasteiger partial charge is 0.324 e. The molecule has 28 heavy (non-hydrogen) atoms. The van der Waals surface area contributed by atoms with Crippen LogP contribution in [0.5, 0.6) is 0 Å². The Morgan fingerprint density at radius 1 is 1.14 bits per heavy atom. The molecular weight excluding hydrogens is 508 g/mol. The Kier molecular flexibility index (Phi) is 6.90. The van der Waals surface area contributed by atoms with Crippen LogP contribution in [-0.4, -0.2) is 27.1 Å². The van der Waals surface area contributed by atoms with Gasteiger partial charge in [0.15, 0.2) is 0 Å². The number of hydrogen-bond acceptors (Lipinski definition) is 3. The van der Waals surface area contributed by atoms with E-state index in [-0.39, 0.29) is 5.69 Å². The molecule has 0 aromatic heterocycles. The van der Waals surface area contributed by atoms with E-state index in [0.29, 0.717) is 25.6 Å². The van der Waals surface area contributed by atoms with Crippen molar-refractivity contribution in [2.24, 2.45) is 0 Å². The monoisotopic (exact) mass is 518 g/mol. The Hall–Kier alpha value is -1.49. The fourth-order valence-electron chi connectivity index (χ4n) is 2.19. The van der Waals surface area contributed by atoms with Gasteiger partial charge in [-0.3, -0.25) is 9.10 Å². The van der Waals surface area contributed by atoms with Gasteiger partial charge in [-0.15, -0.1) is 0 Å². The Morgan fingerprint density at radius 2 is 1.79 bits per heavy atom. The molecule has 0 saturated carbocycles. The van der Waals surface area contributed by atoms with Crippen molar-refractivity contribution in [1.82, 2.24) is 0 Å². The first-order valence-electron chi connectivity index (χ1n) is 7.38. The lowest BCUT2D eigenvalue weighted by Crippen LogP contribution is -2.37. The van der Waals surface area contributed by atoms with E-state index in [1.165, 1.54) is 12.1 Å². The molecule has 0 aliphatic heterocycles. The summed E-state index contributed by atoms with van der Waals surface area (Å²) in [6, 6.07) is 7.10. The number of hydrogen-bond donors (Lipinski definition) is 1. The topological polar surface area (TPSA) is 66.5 Å². The van der Waals surface area contributed by atoms with Gasteiger partial charge in [0, 0.05) is 10.2 Å². The lowest BCUT2D eigenvalue weighted by Gasteiger charge is -2.23. The molecule has 2 aromatic carbocycles. The van der Waals surface area contributed by atoms with Crippen LogP contribution >= 0.6 is 39.1 Å². The highest BCUT2D eigenvalue weighted by Gasteiger charge is 2.34. The maximum Gasteiger partial charge on any atom is 0.417 e. The summed E-state index contributed by atoms with van der Waals surface area (Å²) < 4.78 is 64.5. The van der Waals surface area contributed by atoms with Crippen molar-refractivity contribution in [3.05, 3.63) is 56.5 Å². The predicted molar refractivity (Wildman–Crippen MR) is 106 cm³/mol. The van der Waals surface area contributed by atoms with E-state index in [1.807, 2.05) is 0 Å². The van der Waals surface area contributed by atoms with Gasteiger partial charge in [-0.25, -0.2) is 8.42 Å². The molecule has 2 aromatic rings. The summed E-state index contributed by atoms with van der Waals surface area (Å²) in [5.74, 6) is -0.771. The SMILES string of the molecule is CS(=O)(=O)N(CC(=O)Nc1ccc(Br)c(Cl)c1)c1ccc(Cl)c(C(F)(F)F)c1. The number of nitrogens with one attached hydrogen (secondary N) is 1. The highest BCUT2D eigenvalue weighted by atomic mass is 79.9. The Balaban J connectivity index is 2.32. The lowest BCUT2D eigenvalue weighted by atomic mass is 10.2. The molecule has 0 heterocycles. The number of alkyl halides is 3. The molecule has 1 N–H and O–H groups in total. The molecule has 0 atom stereocenters. The van der Waals surface area contributed by atoms with Crippen LogP contribution in [0.3, 0.4) is 0 Å². The minimum Gasteiger partial charge on any atom is -0.324 e. The zero-order chi connectivity index (χ0) is 21.3. The van der Waals surface area contributed by atoms with Gasteiger partial charge in [-0.1, -0.05) is 23.2 Å². The standard InChI is InChI=1S/C16H12BrCl2F3N2O3S/c1-28(26,27)24(10-3-5-13(18)11(7-10)16(20,21)22)8-15(25)23-9-2-4-12(17)14(19)6-9/h2-7H,8H2,1H3,(H,23,25). The molecule has 1 amide bonds. The maximum absolute atomic E-state index is 13.1. The van der Waals surface area contributed by atoms with Gasteiger partial charge >= 0.3 is 6.18 Å². The molecule has 2 rings (SSSR count). The molecule has 152 valence electrons. The zero-order valence-electron chi connectivity index (χ0n) is 14.0. The number of carbonyl (C=O) groups is 1. The zero-order valence-corrected chi connectivity index (χ0v) is 17.9. The van der Waals surface area contributed by atoms with Gasteiger partial charge in [0.1, 0.15) is 6.54 Å². The molecule has 0 fully saturated rings. The highest BCUT2D eigenvalue weighted by molar-refractivity contribution is 9.10. The van der Waals surface area contributed by atoms with Crippen molar-refractivity contribution in [3.63, 3.8) is 0 Å². The Labute approximate surface area is 177 Å². The van der Waals surface area contributed by atoms with Gasteiger partial charge in [0.05, 0.1) is 27.6 Å². The molecule has 0 spiro atoms. The molecule has 0 bridgehead atoms. The normalized spacial score (nSPS) is 12.0. The van der Waals surface area contributed by atoms with Crippen LogP contribution in [-0.2, 0) is 21.0 Å². The second-order valence-corrected chi connectivity index (χ2v) is 9.18. The fourth-order valence-corrected chi connectivity index (χ4v) is 3.69. The van der Waals surface area contributed by atoms with E-state index in [1.54, 1.807) is 6.07 Å². The molecule has 0 unspecified atom stereocenters. The first kappa shape index (κ1) is 22.8. The second kappa shape index (κ2) is 8.48. The number of nitrogens with zero attached hydrogens (tertiary/aromatic N) is 1. The number of rotatable bonds is 5. The van der Waals surface area contributed by atoms with Gasteiger partial charge in [0.2, 0.25) is 15.9 Å². The predicted octanol–water partition coefficient (Wildman–Crippen LogP) is 5.18. The molecule has 0 aliphatic rings. The van der Waals surface area contributed by atoms with Crippen molar-refractivity contribution >= 4 is 66.4 Å². The average molecular weight is 520 g/mol. The Bertz CT molecular complexity index is 1020. The second-order valence-electron chi connectivity index (χ2n) is 5.61. The van der Waals surface area contributed by atoms with Gasteiger partial charge in [-0.2, -0.15) is 13.2 Å². The molecule has 5 nitrogen and oxygen atoms in total. The quantitative estimate of drug-likeness (QED) is 0.592. The van der Waals surface area contributed by atoms with Crippen LogP contribution in [0.4, 0.5) is 24.5 Å². The van der Waals surface area contributed by atoms with Crippen LogP contribution in [0.15, 0.2) is 40.9 Å². The average Bonchev–Trinajstić information content (AvgIpc) is 2.55. The number of halogens is 6.